The molecule has 2 N–H and O–H groups in total. The molecule has 1 aliphatic carbocycles. The molecule has 0 bridgehead atoms. The fourth-order valence-electron chi connectivity index (χ4n) is 2.81. The molecule has 0 aromatic heterocycles. The van der Waals surface area contributed by atoms with Crippen LogP contribution < -0.4 is 10.0 Å². The van der Waals surface area contributed by atoms with Crippen LogP contribution in [-0.2, 0) is 10.0 Å². The smallest absolute Gasteiger partial charge is 0.263 e. The second kappa shape index (κ2) is 6.81. The summed E-state index contributed by atoms with van der Waals surface area (Å²) in [4.78, 5) is 0.0785. The molecule has 0 aliphatic heterocycles. The number of anilines is 2. The first-order valence-electron chi connectivity index (χ1n) is 7.68. The predicted molar refractivity (Wildman–Crippen MR) is 94.6 cm³/mol. The minimum absolute atomic E-state index is 0.0785. The Hall–Kier alpha value is -1.72. The third-order valence-corrected chi connectivity index (χ3v) is 5.87. The van der Waals surface area contributed by atoms with Gasteiger partial charge in [-0.2, -0.15) is 0 Å². The van der Waals surface area contributed by atoms with Gasteiger partial charge >= 0.3 is 0 Å². The van der Waals surface area contributed by atoms with Crippen molar-refractivity contribution in [3.05, 3.63) is 53.6 Å². The third-order valence-electron chi connectivity index (χ3n) is 3.99. The van der Waals surface area contributed by atoms with Crippen LogP contribution in [0.1, 0.15) is 25.7 Å². The van der Waals surface area contributed by atoms with E-state index in [1.54, 1.807) is 30.3 Å². The van der Waals surface area contributed by atoms with Crippen LogP contribution >= 0.6 is 11.6 Å². The highest BCUT2D eigenvalue weighted by Crippen LogP contribution is 2.25. The number of hydrogen-bond donors (Lipinski definition) is 2. The Morgan fingerprint density at radius 1 is 0.913 bits per heavy atom. The van der Waals surface area contributed by atoms with Crippen LogP contribution in [0.2, 0.25) is 5.02 Å². The van der Waals surface area contributed by atoms with Crippen LogP contribution in [0.4, 0.5) is 11.4 Å². The number of sulfonamides is 1. The van der Waals surface area contributed by atoms with E-state index in [1.807, 2.05) is 12.1 Å². The van der Waals surface area contributed by atoms with Gasteiger partial charge in [0.15, 0.2) is 0 Å². The topological polar surface area (TPSA) is 58.2 Å². The summed E-state index contributed by atoms with van der Waals surface area (Å²) in [7, 11) is -3.68. The molecule has 1 saturated carbocycles. The molecule has 2 aromatic rings. The Balaban J connectivity index is 1.71. The van der Waals surface area contributed by atoms with Crippen molar-refractivity contribution in [1.29, 1.82) is 0 Å². The van der Waals surface area contributed by atoms with Gasteiger partial charge in [0, 0.05) is 17.4 Å². The lowest BCUT2D eigenvalue weighted by atomic mass is 10.2. The Bertz CT molecular complexity index is 769. The number of nitrogens with one attached hydrogen (secondary N) is 2. The quantitative estimate of drug-likeness (QED) is 0.834. The molecule has 0 heterocycles. The number of halogens is 1. The molecule has 1 fully saturated rings. The Labute approximate surface area is 141 Å². The molecule has 6 heteroatoms. The molecular weight excluding hydrogens is 332 g/mol. The van der Waals surface area contributed by atoms with Crippen molar-refractivity contribution < 1.29 is 8.42 Å². The molecule has 1 aliphatic rings. The number of benzene rings is 2. The van der Waals surface area contributed by atoms with Crippen molar-refractivity contribution in [3.63, 3.8) is 0 Å². The molecule has 23 heavy (non-hydrogen) atoms. The lowest BCUT2D eigenvalue weighted by Gasteiger charge is -2.14. The third kappa shape index (κ3) is 3.98. The number of hydrogen-bond acceptors (Lipinski definition) is 3. The van der Waals surface area contributed by atoms with Gasteiger partial charge in [-0.05, 0) is 49.2 Å². The van der Waals surface area contributed by atoms with E-state index in [0.717, 1.165) is 5.69 Å². The predicted octanol–water partition coefficient (Wildman–Crippen LogP) is 4.50. The van der Waals surface area contributed by atoms with Gasteiger partial charge in [0.2, 0.25) is 0 Å². The van der Waals surface area contributed by atoms with E-state index in [9.17, 15) is 8.42 Å². The molecule has 4 nitrogen and oxygen atoms in total. The first-order valence-corrected chi connectivity index (χ1v) is 9.55. The van der Waals surface area contributed by atoms with E-state index in [1.165, 1.54) is 31.7 Å². The van der Waals surface area contributed by atoms with E-state index >= 15 is 0 Å². The molecule has 0 radical (unpaired) electrons. The van der Waals surface area contributed by atoms with Crippen molar-refractivity contribution in [2.45, 2.75) is 36.6 Å². The van der Waals surface area contributed by atoms with Crippen LogP contribution in [0, 0.1) is 0 Å². The summed E-state index contributed by atoms with van der Waals surface area (Å²) in [5, 5.41) is 3.68. The van der Waals surface area contributed by atoms with E-state index in [2.05, 4.69) is 10.0 Å². The highest BCUT2D eigenvalue weighted by atomic mass is 35.5. The normalized spacial score (nSPS) is 15.5. The van der Waals surface area contributed by atoms with Crippen molar-refractivity contribution in [2.24, 2.45) is 0 Å². The van der Waals surface area contributed by atoms with E-state index in [4.69, 9.17) is 11.6 Å². The maximum absolute atomic E-state index is 12.4. The van der Waals surface area contributed by atoms with Gasteiger partial charge in [-0.3, -0.25) is 4.72 Å². The number of rotatable bonds is 5. The molecule has 3 rings (SSSR count). The minimum atomic E-state index is -3.68. The van der Waals surface area contributed by atoms with Crippen LogP contribution in [0.15, 0.2) is 53.4 Å². The van der Waals surface area contributed by atoms with Gasteiger partial charge in [0.1, 0.15) is 4.90 Å². The average Bonchev–Trinajstić information content (AvgIpc) is 3.02. The SMILES string of the molecule is O=S(=O)(Nc1ccc(NC2CCCC2)cc1)c1ccccc1Cl. The Kier molecular flexibility index (Phi) is 4.78. The fourth-order valence-corrected chi connectivity index (χ4v) is 4.39. The summed E-state index contributed by atoms with van der Waals surface area (Å²) >= 11 is 5.97. The summed E-state index contributed by atoms with van der Waals surface area (Å²) in [6.07, 6.45) is 4.93. The molecule has 122 valence electrons. The Morgan fingerprint density at radius 3 is 2.17 bits per heavy atom. The van der Waals surface area contributed by atoms with Crippen LogP contribution in [-0.4, -0.2) is 14.5 Å². The van der Waals surface area contributed by atoms with Gasteiger partial charge < -0.3 is 5.32 Å². The molecule has 0 amide bonds. The molecule has 0 saturated heterocycles. The summed E-state index contributed by atoms with van der Waals surface area (Å²) < 4.78 is 27.3. The molecule has 0 atom stereocenters. The van der Waals surface area contributed by atoms with Gasteiger partial charge in [0.25, 0.3) is 10.0 Å². The molecular formula is C17H19ClN2O2S. The van der Waals surface area contributed by atoms with Crippen molar-refractivity contribution in [1.82, 2.24) is 0 Å². The van der Waals surface area contributed by atoms with Crippen LogP contribution in [0.3, 0.4) is 0 Å². The second-order valence-electron chi connectivity index (χ2n) is 5.74. The average molecular weight is 351 g/mol. The second-order valence-corrected chi connectivity index (χ2v) is 7.80. The monoisotopic (exact) mass is 350 g/mol. The van der Waals surface area contributed by atoms with E-state index < -0.39 is 10.0 Å². The minimum Gasteiger partial charge on any atom is -0.382 e. The highest BCUT2D eigenvalue weighted by Gasteiger charge is 2.18. The highest BCUT2D eigenvalue weighted by molar-refractivity contribution is 7.92. The van der Waals surface area contributed by atoms with Gasteiger partial charge in [-0.1, -0.05) is 36.6 Å². The largest absolute Gasteiger partial charge is 0.382 e. The van der Waals surface area contributed by atoms with Crippen molar-refractivity contribution >= 4 is 33.0 Å². The zero-order chi connectivity index (χ0) is 16.3. The Morgan fingerprint density at radius 2 is 1.52 bits per heavy atom. The maximum atomic E-state index is 12.4. The van der Waals surface area contributed by atoms with Gasteiger partial charge in [-0.25, -0.2) is 8.42 Å². The van der Waals surface area contributed by atoms with Crippen molar-refractivity contribution in [2.75, 3.05) is 10.0 Å². The van der Waals surface area contributed by atoms with Crippen LogP contribution in [0.5, 0.6) is 0 Å². The van der Waals surface area contributed by atoms with Crippen LogP contribution in [0.25, 0.3) is 0 Å². The zero-order valence-electron chi connectivity index (χ0n) is 12.6. The van der Waals surface area contributed by atoms with E-state index in [0.29, 0.717) is 11.7 Å². The lowest BCUT2D eigenvalue weighted by Crippen LogP contribution is -2.15. The molecule has 2 aromatic carbocycles. The summed E-state index contributed by atoms with van der Waals surface area (Å²) in [5.74, 6) is 0. The first kappa shape index (κ1) is 16.1. The standard InChI is InChI=1S/C17H19ClN2O2S/c18-16-7-3-4-8-17(16)23(21,22)20-15-11-9-14(10-12-15)19-13-5-1-2-6-13/h3-4,7-13,19-20H,1-2,5-6H2. The lowest BCUT2D eigenvalue weighted by molar-refractivity contribution is 0.601. The maximum Gasteiger partial charge on any atom is 0.263 e. The summed E-state index contributed by atoms with van der Waals surface area (Å²) in [5.41, 5.74) is 1.53. The summed E-state index contributed by atoms with van der Waals surface area (Å²) in [6.45, 7) is 0. The molecule has 0 spiro atoms. The molecule has 0 unspecified atom stereocenters. The zero-order valence-corrected chi connectivity index (χ0v) is 14.2. The first-order chi connectivity index (χ1) is 11.0. The van der Waals surface area contributed by atoms with Crippen molar-refractivity contribution in [3.8, 4) is 0 Å². The fraction of sp³-hybridized carbons (Fsp3) is 0.294. The van der Waals surface area contributed by atoms with Gasteiger partial charge in [-0.15, -0.1) is 0 Å². The summed E-state index contributed by atoms with van der Waals surface area (Å²) in [6, 6.07) is 14.2. The van der Waals surface area contributed by atoms with Gasteiger partial charge in [0.05, 0.1) is 5.02 Å². The van der Waals surface area contributed by atoms with E-state index in [-0.39, 0.29) is 9.92 Å².